The molecule has 3 aromatic rings. The third-order valence-electron chi connectivity index (χ3n) is 4.52. The second-order valence-electron chi connectivity index (χ2n) is 6.09. The lowest BCUT2D eigenvalue weighted by atomic mass is 9.97. The van der Waals surface area contributed by atoms with Crippen molar-refractivity contribution in [1.82, 2.24) is 25.3 Å². The maximum Gasteiger partial charge on any atom is 0.256 e. The first-order chi connectivity index (χ1) is 11.7. The van der Waals surface area contributed by atoms with Crippen molar-refractivity contribution in [1.29, 1.82) is 0 Å². The molecule has 1 amide bonds. The van der Waals surface area contributed by atoms with Crippen molar-refractivity contribution in [2.45, 2.75) is 12.5 Å². The van der Waals surface area contributed by atoms with Gasteiger partial charge in [-0.05, 0) is 36.2 Å². The number of likely N-dealkylation sites (tertiary alicyclic amines) is 1. The highest BCUT2D eigenvalue weighted by atomic mass is 16.3. The lowest BCUT2D eigenvalue weighted by Gasteiger charge is -2.16. The molecule has 2 N–H and O–H groups in total. The summed E-state index contributed by atoms with van der Waals surface area (Å²) in [6.45, 7) is 0.861. The molecule has 2 atom stereocenters. The van der Waals surface area contributed by atoms with E-state index < -0.39 is 6.10 Å². The molecule has 0 spiro atoms. The molecular weight excluding hydrogens is 306 g/mol. The molecular formula is C17H17N5O2. The number of β-amino-alcohol motifs (C(OH)–C–C–N with tert-alkyl or cyclic N) is 1. The number of carbonyl (C=O) groups is 1. The molecule has 122 valence electrons. The Kier molecular flexibility index (Phi) is 3.70. The molecule has 1 aliphatic rings. The molecule has 7 heteroatoms. The van der Waals surface area contributed by atoms with E-state index in [-0.39, 0.29) is 11.8 Å². The number of hydrogen-bond donors (Lipinski definition) is 2. The van der Waals surface area contributed by atoms with Gasteiger partial charge in [-0.25, -0.2) is 0 Å². The lowest BCUT2D eigenvalue weighted by molar-refractivity contribution is 0.0766. The Balaban J connectivity index is 1.53. The van der Waals surface area contributed by atoms with Crippen molar-refractivity contribution in [3.8, 4) is 0 Å². The predicted octanol–water partition coefficient (Wildman–Crippen LogP) is 1.03. The van der Waals surface area contributed by atoms with Crippen LogP contribution in [-0.4, -0.2) is 55.5 Å². The van der Waals surface area contributed by atoms with Crippen LogP contribution in [0.5, 0.6) is 0 Å². The van der Waals surface area contributed by atoms with Crippen LogP contribution in [-0.2, 0) is 6.42 Å². The van der Waals surface area contributed by atoms with Gasteiger partial charge in [-0.1, -0.05) is 6.07 Å². The van der Waals surface area contributed by atoms with Gasteiger partial charge >= 0.3 is 0 Å². The largest absolute Gasteiger partial charge is 0.391 e. The van der Waals surface area contributed by atoms with Crippen LogP contribution >= 0.6 is 0 Å². The maximum absolute atomic E-state index is 12.8. The zero-order valence-corrected chi connectivity index (χ0v) is 13.0. The van der Waals surface area contributed by atoms with E-state index in [1.165, 1.54) is 0 Å². The number of aliphatic hydroxyl groups is 1. The Labute approximate surface area is 138 Å². The lowest BCUT2D eigenvalue weighted by Crippen LogP contribution is -2.29. The SMILES string of the molecule is O=C(c1cccc2n[nH]nc12)N1C[C@@H](Cc2ccncc2)[C@@H](O)C1. The Morgan fingerprint density at radius 2 is 2.04 bits per heavy atom. The van der Waals surface area contributed by atoms with E-state index in [1.807, 2.05) is 12.1 Å². The monoisotopic (exact) mass is 323 g/mol. The highest BCUT2D eigenvalue weighted by molar-refractivity contribution is 6.04. The van der Waals surface area contributed by atoms with E-state index in [0.717, 1.165) is 12.0 Å². The summed E-state index contributed by atoms with van der Waals surface area (Å²) in [5.41, 5.74) is 2.85. The number of hydrogen-bond acceptors (Lipinski definition) is 5. The molecule has 3 heterocycles. The van der Waals surface area contributed by atoms with Crippen molar-refractivity contribution in [2.75, 3.05) is 13.1 Å². The first kappa shape index (κ1) is 14.8. The van der Waals surface area contributed by atoms with E-state index in [0.29, 0.717) is 29.7 Å². The maximum atomic E-state index is 12.8. The topological polar surface area (TPSA) is 95.0 Å². The van der Waals surface area contributed by atoms with Gasteiger partial charge < -0.3 is 10.0 Å². The van der Waals surface area contributed by atoms with Crippen molar-refractivity contribution in [3.63, 3.8) is 0 Å². The molecule has 24 heavy (non-hydrogen) atoms. The van der Waals surface area contributed by atoms with E-state index in [4.69, 9.17) is 0 Å². The Morgan fingerprint density at radius 3 is 2.88 bits per heavy atom. The second kappa shape index (κ2) is 6.01. The molecule has 0 unspecified atom stereocenters. The molecule has 7 nitrogen and oxygen atoms in total. The van der Waals surface area contributed by atoms with Gasteiger partial charge in [0.05, 0.1) is 11.7 Å². The van der Waals surface area contributed by atoms with Gasteiger partial charge in [0, 0.05) is 31.4 Å². The number of fused-ring (bicyclic) bond motifs is 1. The number of aromatic nitrogens is 4. The standard InChI is InChI=1S/C17H17N5O2/c23-15-10-22(9-12(15)8-11-4-6-18-7-5-11)17(24)13-2-1-3-14-16(13)20-21-19-14/h1-7,12,15,23H,8-10H2,(H,19,20,21)/t12-,15+/m1/s1. The van der Waals surface area contributed by atoms with Gasteiger partial charge in [0.15, 0.2) is 0 Å². The number of pyridine rings is 1. The van der Waals surface area contributed by atoms with Gasteiger partial charge in [0.2, 0.25) is 0 Å². The van der Waals surface area contributed by atoms with Crippen LogP contribution in [0.1, 0.15) is 15.9 Å². The summed E-state index contributed by atoms with van der Waals surface area (Å²) >= 11 is 0. The fraction of sp³-hybridized carbons (Fsp3) is 0.294. The summed E-state index contributed by atoms with van der Waals surface area (Å²) in [5.74, 6) is -0.0985. The average molecular weight is 323 g/mol. The average Bonchev–Trinajstić information content (AvgIpc) is 3.22. The molecule has 0 saturated carbocycles. The van der Waals surface area contributed by atoms with Gasteiger partial charge in [-0.2, -0.15) is 15.4 Å². The van der Waals surface area contributed by atoms with Crippen LogP contribution < -0.4 is 0 Å². The summed E-state index contributed by atoms with van der Waals surface area (Å²) in [6, 6.07) is 9.22. The smallest absolute Gasteiger partial charge is 0.256 e. The van der Waals surface area contributed by atoms with Crippen LogP contribution in [0, 0.1) is 5.92 Å². The van der Waals surface area contributed by atoms with Crippen molar-refractivity contribution < 1.29 is 9.90 Å². The van der Waals surface area contributed by atoms with E-state index in [9.17, 15) is 9.90 Å². The summed E-state index contributed by atoms with van der Waals surface area (Å²) < 4.78 is 0. The third-order valence-corrected chi connectivity index (χ3v) is 4.52. The quantitative estimate of drug-likeness (QED) is 0.750. The Bertz CT molecular complexity index is 864. The number of para-hydroxylation sites is 1. The Morgan fingerprint density at radius 1 is 1.21 bits per heavy atom. The summed E-state index contributed by atoms with van der Waals surface area (Å²) in [6.07, 6.45) is 3.68. The fourth-order valence-electron chi connectivity index (χ4n) is 3.25. The number of aliphatic hydroxyl groups excluding tert-OH is 1. The van der Waals surface area contributed by atoms with Crippen LogP contribution in [0.3, 0.4) is 0 Å². The number of carbonyl (C=O) groups excluding carboxylic acids is 1. The fourth-order valence-corrected chi connectivity index (χ4v) is 3.25. The number of rotatable bonds is 3. The summed E-state index contributed by atoms with van der Waals surface area (Å²) in [7, 11) is 0. The molecule has 2 aromatic heterocycles. The number of benzene rings is 1. The molecule has 0 bridgehead atoms. The first-order valence-electron chi connectivity index (χ1n) is 7.88. The van der Waals surface area contributed by atoms with Gasteiger partial charge in [-0.15, -0.1) is 0 Å². The van der Waals surface area contributed by atoms with Crippen molar-refractivity contribution in [2.24, 2.45) is 5.92 Å². The summed E-state index contributed by atoms with van der Waals surface area (Å²) in [4.78, 5) is 18.5. The number of amides is 1. The van der Waals surface area contributed by atoms with E-state index in [1.54, 1.807) is 35.5 Å². The first-order valence-corrected chi connectivity index (χ1v) is 7.88. The number of nitrogens with zero attached hydrogens (tertiary/aromatic N) is 4. The van der Waals surface area contributed by atoms with E-state index in [2.05, 4.69) is 20.4 Å². The van der Waals surface area contributed by atoms with Gasteiger partial charge in [-0.3, -0.25) is 9.78 Å². The molecule has 1 saturated heterocycles. The van der Waals surface area contributed by atoms with Crippen molar-refractivity contribution in [3.05, 3.63) is 53.9 Å². The van der Waals surface area contributed by atoms with Crippen molar-refractivity contribution >= 4 is 16.9 Å². The molecule has 1 fully saturated rings. The Hall–Kier alpha value is -2.80. The zero-order chi connectivity index (χ0) is 16.5. The minimum absolute atomic E-state index is 0.0212. The number of nitrogens with one attached hydrogen (secondary N) is 1. The van der Waals surface area contributed by atoms with Crippen LogP contribution in [0.2, 0.25) is 0 Å². The predicted molar refractivity (Wildman–Crippen MR) is 87.2 cm³/mol. The highest BCUT2D eigenvalue weighted by Gasteiger charge is 2.35. The molecule has 4 rings (SSSR count). The molecule has 0 aliphatic carbocycles. The third kappa shape index (κ3) is 2.63. The summed E-state index contributed by atoms with van der Waals surface area (Å²) in [5, 5.41) is 21.0. The van der Waals surface area contributed by atoms with Crippen LogP contribution in [0.4, 0.5) is 0 Å². The van der Waals surface area contributed by atoms with Gasteiger partial charge in [0.1, 0.15) is 11.0 Å². The minimum Gasteiger partial charge on any atom is -0.391 e. The highest BCUT2D eigenvalue weighted by Crippen LogP contribution is 2.24. The minimum atomic E-state index is -0.529. The van der Waals surface area contributed by atoms with Gasteiger partial charge in [0.25, 0.3) is 5.91 Å². The van der Waals surface area contributed by atoms with Crippen LogP contribution in [0.15, 0.2) is 42.7 Å². The number of H-pyrrole nitrogens is 1. The zero-order valence-electron chi connectivity index (χ0n) is 13.0. The molecule has 0 radical (unpaired) electrons. The normalized spacial score (nSPS) is 20.6. The van der Waals surface area contributed by atoms with Crippen LogP contribution in [0.25, 0.3) is 11.0 Å². The second-order valence-corrected chi connectivity index (χ2v) is 6.09. The van der Waals surface area contributed by atoms with E-state index >= 15 is 0 Å². The number of aromatic amines is 1. The molecule has 1 aromatic carbocycles. The molecule has 1 aliphatic heterocycles.